The van der Waals surface area contributed by atoms with Crippen LogP contribution < -0.4 is 5.32 Å². The van der Waals surface area contributed by atoms with Crippen LogP contribution in [-0.4, -0.2) is 46.4 Å². The zero-order valence-corrected chi connectivity index (χ0v) is 13.2. The molecule has 0 aromatic rings. The van der Waals surface area contributed by atoms with Crippen LogP contribution in [0.2, 0.25) is 0 Å². The van der Waals surface area contributed by atoms with Crippen molar-refractivity contribution in [2.75, 3.05) is 0 Å². The molecule has 0 saturated carbocycles. The Kier molecular flexibility index (Phi) is 6.11. The number of nitrogens with one attached hydrogen (secondary N) is 1. The van der Waals surface area contributed by atoms with Crippen LogP contribution in [0.3, 0.4) is 0 Å². The Hall–Kier alpha value is -1.25. The summed E-state index contributed by atoms with van der Waals surface area (Å²) in [7, 11) is -1.22. The molecule has 1 unspecified atom stereocenters. The van der Waals surface area contributed by atoms with E-state index in [0.717, 1.165) is 11.3 Å². The number of aliphatic carboxylic acids is 1. The lowest BCUT2D eigenvalue weighted by atomic mass is 9.77. The molecule has 0 fully saturated rings. The lowest BCUT2D eigenvalue weighted by Gasteiger charge is -2.20. The Morgan fingerprint density at radius 1 is 1.50 bits per heavy atom. The Balaban J connectivity index is 1.83. The average Bonchev–Trinajstić information content (AvgIpc) is 2.73. The average molecular weight is 325 g/mol. The zero-order chi connectivity index (χ0) is 16.1. The number of rotatable bonds is 5. The summed E-state index contributed by atoms with van der Waals surface area (Å²) >= 11 is 1.70. The summed E-state index contributed by atoms with van der Waals surface area (Å²) in [5.74, 6) is -1.72. The van der Waals surface area contributed by atoms with E-state index in [1.165, 1.54) is 0 Å². The highest BCUT2D eigenvalue weighted by Crippen LogP contribution is 2.33. The van der Waals surface area contributed by atoms with E-state index in [1.807, 2.05) is 0 Å². The Morgan fingerprint density at radius 3 is 2.91 bits per heavy atom. The van der Waals surface area contributed by atoms with Crippen LogP contribution in [0.5, 0.6) is 0 Å². The van der Waals surface area contributed by atoms with Crippen LogP contribution in [0.15, 0.2) is 23.1 Å². The van der Waals surface area contributed by atoms with Crippen LogP contribution in [-0.2, 0) is 14.2 Å². The van der Waals surface area contributed by atoms with E-state index in [2.05, 4.69) is 18.3 Å². The number of carbonyl (C=O) groups is 2. The van der Waals surface area contributed by atoms with Gasteiger partial charge in [-0.1, -0.05) is 25.2 Å². The highest BCUT2D eigenvalue weighted by atomic mass is 32.2. The summed E-state index contributed by atoms with van der Waals surface area (Å²) < 4.78 is 5.28. The molecule has 0 bridgehead atoms. The zero-order valence-electron chi connectivity index (χ0n) is 12.4. The smallest absolute Gasteiger partial charge is 0.478 e. The van der Waals surface area contributed by atoms with Crippen molar-refractivity contribution in [3.8, 4) is 0 Å². The normalized spacial score (nSPS) is 28.2. The fourth-order valence-corrected chi connectivity index (χ4v) is 3.53. The Bertz CT molecular complexity index is 496. The molecule has 0 saturated heterocycles. The van der Waals surface area contributed by atoms with E-state index in [9.17, 15) is 14.6 Å². The molecule has 0 spiro atoms. The third-order valence-electron chi connectivity index (χ3n) is 3.49. The van der Waals surface area contributed by atoms with Gasteiger partial charge in [0.1, 0.15) is 0 Å². The van der Waals surface area contributed by atoms with Crippen molar-refractivity contribution in [2.45, 2.75) is 49.9 Å². The van der Waals surface area contributed by atoms with Gasteiger partial charge in [0.15, 0.2) is 0 Å². The maximum atomic E-state index is 12.0. The van der Waals surface area contributed by atoms with Gasteiger partial charge in [-0.05, 0) is 17.7 Å². The molecule has 2 aliphatic rings. The molecule has 0 aliphatic carbocycles. The van der Waals surface area contributed by atoms with Crippen molar-refractivity contribution in [3.63, 3.8) is 0 Å². The number of hydrogen-bond donors (Lipinski definition) is 3. The molecule has 6 nitrogen and oxygen atoms in total. The van der Waals surface area contributed by atoms with Gasteiger partial charge in [-0.15, -0.1) is 11.8 Å². The molecule has 22 heavy (non-hydrogen) atoms. The van der Waals surface area contributed by atoms with Crippen molar-refractivity contribution >= 4 is 30.8 Å². The number of allylic oxidation sites excluding steroid dienone is 1. The molecule has 2 rings (SSSR count). The fourth-order valence-electron chi connectivity index (χ4n) is 2.41. The van der Waals surface area contributed by atoms with Gasteiger partial charge >= 0.3 is 13.1 Å². The van der Waals surface area contributed by atoms with Gasteiger partial charge in [-0.25, -0.2) is 0 Å². The predicted octanol–water partition coefficient (Wildman–Crippen LogP) is 1.11. The first-order chi connectivity index (χ1) is 10.4. The van der Waals surface area contributed by atoms with Crippen molar-refractivity contribution in [1.29, 1.82) is 0 Å². The molecule has 2 heterocycles. The van der Waals surface area contributed by atoms with E-state index < -0.39 is 25.1 Å². The molecule has 0 aromatic carbocycles. The van der Waals surface area contributed by atoms with E-state index in [0.29, 0.717) is 18.1 Å². The number of carbonyl (C=O) groups excluding carboxylic acids is 1. The Labute approximate surface area is 134 Å². The van der Waals surface area contributed by atoms with Crippen LogP contribution in [0, 0.1) is 0 Å². The molecule has 3 N–H and O–H groups in total. The molecule has 2 aliphatic heterocycles. The highest BCUT2D eigenvalue weighted by Gasteiger charge is 2.32. The maximum Gasteiger partial charge on any atom is 0.478 e. The number of hydrogen-bond acceptors (Lipinski definition) is 5. The first kappa shape index (κ1) is 17.1. The van der Waals surface area contributed by atoms with E-state index in [4.69, 9.17) is 9.76 Å². The highest BCUT2D eigenvalue weighted by molar-refractivity contribution is 8.03. The van der Waals surface area contributed by atoms with Gasteiger partial charge in [0.2, 0.25) is 5.91 Å². The first-order valence-electron chi connectivity index (χ1n) is 7.31. The minimum absolute atomic E-state index is 0.161. The summed E-state index contributed by atoms with van der Waals surface area (Å²) in [5, 5.41) is 22.0. The van der Waals surface area contributed by atoms with Crippen LogP contribution in [0.4, 0.5) is 0 Å². The second kappa shape index (κ2) is 7.85. The topological polar surface area (TPSA) is 95.9 Å². The third kappa shape index (κ3) is 5.19. The van der Waals surface area contributed by atoms with Gasteiger partial charge in [-0.2, -0.15) is 0 Å². The standard InChI is InChI=1S/C14H20BNO5S/c1-9-5-6-11(22-9)8-13(17)16-12-4-2-3-10(7-14(18)19)21-15(12)20/h2-3,6,9-10,12,20H,4-5,7-8H2,1H3,(H,16,17)(H,18,19)/t9?,10-,12-/m0/s1. The van der Waals surface area contributed by atoms with Crippen LogP contribution in [0.25, 0.3) is 0 Å². The second-order valence-corrected chi connectivity index (χ2v) is 7.08. The van der Waals surface area contributed by atoms with Crippen LogP contribution >= 0.6 is 11.8 Å². The number of carboxylic acid groups (broad SMARTS) is 1. The minimum atomic E-state index is -1.22. The van der Waals surface area contributed by atoms with E-state index in [1.54, 1.807) is 23.9 Å². The van der Waals surface area contributed by atoms with Crippen molar-refractivity contribution in [1.82, 2.24) is 5.32 Å². The first-order valence-corrected chi connectivity index (χ1v) is 8.19. The largest absolute Gasteiger partial charge is 0.481 e. The van der Waals surface area contributed by atoms with Crippen molar-refractivity contribution in [2.24, 2.45) is 0 Å². The second-order valence-electron chi connectivity index (χ2n) is 5.51. The molecule has 3 atom stereocenters. The fraction of sp³-hybridized carbons (Fsp3) is 0.571. The SMILES string of the molecule is CC1CC=C(CC(=O)N[C@H]2CC=C[C@@H](CC(=O)O)OB2O)S1. The van der Waals surface area contributed by atoms with Crippen molar-refractivity contribution in [3.05, 3.63) is 23.1 Å². The monoisotopic (exact) mass is 325 g/mol. The summed E-state index contributed by atoms with van der Waals surface area (Å²) in [6.45, 7) is 2.11. The summed E-state index contributed by atoms with van der Waals surface area (Å²) in [5.41, 5.74) is 0. The van der Waals surface area contributed by atoms with E-state index in [-0.39, 0.29) is 12.3 Å². The Morgan fingerprint density at radius 2 is 2.27 bits per heavy atom. The summed E-state index contributed by atoms with van der Waals surface area (Å²) in [4.78, 5) is 23.8. The van der Waals surface area contributed by atoms with Crippen molar-refractivity contribution < 1.29 is 24.4 Å². The molecular formula is C14H20BNO5S. The minimum Gasteiger partial charge on any atom is -0.481 e. The number of amides is 1. The predicted molar refractivity (Wildman–Crippen MR) is 85.2 cm³/mol. The van der Waals surface area contributed by atoms with Gasteiger partial charge in [-0.3, -0.25) is 9.59 Å². The molecule has 0 aromatic heterocycles. The molecule has 0 radical (unpaired) electrons. The van der Waals surface area contributed by atoms with Gasteiger partial charge in [0.25, 0.3) is 0 Å². The summed E-state index contributed by atoms with van der Waals surface area (Å²) in [6, 6.07) is 0. The van der Waals surface area contributed by atoms with Gasteiger partial charge < -0.3 is 20.1 Å². The maximum absolute atomic E-state index is 12.0. The van der Waals surface area contributed by atoms with Gasteiger partial charge in [0, 0.05) is 5.25 Å². The van der Waals surface area contributed by atoms with Gasteiger partial charge in [0.05, 0.1) is 24.9 Å². The summed E-state index contributed by atoms with van der Waals surface area (Å²) in [6.07, 6.45) is 6.21. The molecule has 8 heteroatoms. The number of carboxylic acids is 1. The molecular weight excluding hydrogens is 305 g/mol. The lowest BCUT2D eigenvalue weighted by Crippen LogP contribution is -2.48. The molecule has 120 valence electrons. The quantitative estimate of drug-likeness (QED) is 0.518. The lowest BCUT2D eigenvalue weighted by molar-refractivity contribution is -0.138. The number of thioether (sulfide) groups is 1. The van der Waals surface area contributed by atoms with E-state index >= 15 is 0 Å². The molecule has 1 amide bonds. The third-order valence-corrected chi connectivity index (χ3v) is 4.69. The van der Waals surface area contributed by atoms with Crippen LogP contribution in [0.1, 0.15) is 32.6 Å².